The van der Waals surface area contributed by atoms with Crippen molar-refractivity contribution in [2.24, 2.45) is 0 Å². The Balaban J connectivity index is 2.43. The lowest BCUT2D eigenvalue weighted by atomic mass is 10.1. The summed E-state index contributed by atoms with van der Waals surface area (Å²) in [4.78, 5) is 24.9. The van der Waals surface area contributed by atoms with Gasteiger partial charge in [0.05, 0.1) is 5.56 Å². The molecule has 2 rings (SSSR count). The first-order valence-electron chi connectivity index (χ1n) is 6.21. The summed E-state index contributed by atoms with van der Waals surface area (Å²) in [5, 5.41) is 2.51. The summed E-state index contributed by atoms with van der Waals surface area (Å²) in [6.07, 6.45) is -4.15. The van der Waals surface area contributed by atoms with Gasteiger partial charge in [-0.2, -0.15) is 13.2 Å². The Morgan fingerprint density at radius 1 is 1.33 bits per heavy atom. The highest BCUT2D eigenvalue weighted by Gasteiger charge is 2.35. The van der Waals surface area contributed by atoms with E-state index in [2.05, 4.69) is 21.2 Å². The quantitative estimate of drug-likeness (QED) is 0.876. The molecule has 4 nitrogen and oxygen atoms in total. The highest BCUT2D eigenvalue weighted by Crippen LogP contribution is 2.34. The van der Waals surface area contributed by atoms with Gasteiger partial charge in [0, 0.05) is 10.2 Å². The second kappa shape index (κ2) is 5.67. The Bertz CT molecular complexity index is 589. The van der Waals surface area contributed by atoms with Gasteiger partial charge in [-0.05, 0) is 24.6 Å². The van der Waals surface area contributed by atoms with Crippen LogP contribution in [-0.4, -0.2) is 24.4 Å². The van der Waals surface area contributed by atoms with Crippen LogP contribution in [-0.2, 0) is 15.8 Å². The number of carbonyl (C=O) groups is 2. The first kappa shape index (κ1) is 15.8. The van der Waals surface area contributed by atoms with Crippen molar-refractivity contribution in [3.63, 3.8) is 0 Å². The summed E-state index contributed by atoms with van der Waals surface area (Å²) in [5.74, 6) is -0.807. The monoisotopic (exact) mass is 364 g/mol. The van der Waals surface area contributed by atoms with Crippen molar-refractivity contribution in [3.8, 4) is 0 Å². The molecule has 114 valence electrons. The summed E-state index contributed by atoms with van der Waals surface area (Å²) >= 11 is 3.00. The van der Waals surface area contributed by atoms with E-state index >= 15 is 0 Å². The van der Waals surface area contributed by atoms with Crippen molar-refractivity contribution in [1.82, 2.24) is 5.32 Å². The van der Waals surface area contributed by atoms with Crippen molar-refractivity contribution in [2.45, 2.75) is 25.6 Å². The van der Waals surface area contributed by atoms with Crippen molar-refractivity contribution in [1.29, 1.82) is 0 Å². The van der Waals surface area contributed by atoms with Crippen LogP contribution in [0.15, 0.2) is 22.7 Å². The Hall–Kier alpha value is -1.57. The van der Waals surface area contributed by atoms with Crippen LogP contribution >= 0.6 is 15.9 Å². The Labute approximate surface area is 127 Å². The molecule has 21 heavy (non-hydrogen) atoms. The first-order valence-corrected chi connectivity index (χ1v) is 7.00. The second-order valence-electron chi connectivity index (χ2n) is 4.65. The fourth-order valence-corrected chi connectivity index (χ4v) is 2.58. The zero-order valence-corrected chi connectivity index (χ0v) is 12.6. The van der Waals surface area contributed by atoms with E-state index < -0.39 is 29.6 Å². The van der Waals surface area contributed by atoms with Gasteiger partial charge in [0.2, 0.25) is 11.8 Å². The van der Waals surface area contributed by atoms with Gasteiger partial charge in [0.15, 0.2) is 0 Å². The van der Waals surface area contributed by atoms with E-state index in [0.717, 1.165) is 17.0 Å². The van der Waals surface area contributed by atoms with Crippen molar-refractivity contribution in [3.05, 3.63) is 28.2 Å². The largest absolute Gasteiger partial charge is 0.416 e. The van der Waals surface area contributed by atoms with Crippen LogP contribution in [0.5, 0.6) is 0 Å². The first-order chi connectivity index (χ1) is 9.72. The van der Waals surface area contributed by atoms with E-state index in [9.17, 15) is 22.8 Å². The molecule has 1 heterocycles. The molecule has 0 aromatic heterocycles. The molecule has 1 saturated heterocycles. The molecule has 1 aromatic rings. The van der Waals surface area contributed by atoms with Gasteiger partial charge in [-0.25, -0.2) is 0 Å². The standard InChI is InChI=1S/C13H12BrF3N2O2/c1-2-10-12(21)19(6-11(20)18-10)9-4-7(13(15,16)17)3-8(14)5-9/h3-5,10H,2,6H2,1H3,(H,18,20). The van der Waals surface area contributed by atoms with Gasteiger partial charge >= 0.3 is 6.18 Å². The highest BCUT2D eigenvalue weighted by molar-refractivity contribution is 9.10. The van der Waals surface area contributed by atoms with Crippen molar-refractivity contribution < 1.29 is 22.8 Å². The number of anilines is 1. The SMILES string of the molecule is CCC1NC(=O)CN(c2cc(Br)cc(C(F)(F)F)c2)C1=O. The van der Waals surface area contributed by atoms with E-state index in [1.54, 1.807) is 6.92 Å². The molecule has 1 aliphatic rings. The molecule has 1 unspecified atom stereocenters. The molecule has 2 amide bonds. The number of halogens is 4. The Kier molecular flexibility index (Phi) is 4.27. The van der Waals surface area contributed by atoms with Crippen molar-refractivity contribution >= 4 is 33.4 Å². The van der Waals surface area contributed by atoms with Crippen molar-refractivity contribution in [2.75, 3.05) is 11.4 Å². The highest BCUT2D eigenvalue weighted by atomic mass is 79.9. The number of hydrogen-bond acceptors (Lipinski definition) is 2. The maximum absolute atomic E-state index is 12.8. The summed E-state index contributed by atoms with van der Waals surface area (Å²) in [7, 11) is 0. The van der Waals surface area contributed by atoms with Crippen LogP contribution in [0.25, 0.3) is 0 Å². The van der Waals surface area contributed by atoms with Gasteiger partial charge in [-0.1, -0.05) is 22.9 Å². The molecule has 1 atom stereocenters. The molecule has 1 fully saturated rings. The van der Waals surface area contributed by atoms with Gasteiger partial charge in [0.25, 0.3) is 0 Å². The maximum atomic E-state index is 12.8. The van der Waals surface area contributed by atoms with Crippen LogP contribution in [0.4, 0.5) is 18.9 Å². The van der Waals surface area contributed by atoms with E-state index in [4.69, 9.17) is 0 Å². The molecule has 8 heteroatoms. The number of piperazine rings is 1. The number of alkyl halides is 3. The lowest BCUT2D eigenvalue weighted by Gasteiger charge is -2.32. The van der Waals surface area contributed by atoms with E-state index in [0.29, 0.717) is 6.42 Å². The predicted molar refractivity (Wildman–Crippen MR) is 73.7 cm³/mol. The zero-order chi connectivity index (χ0) is 15.8. The smallest absolute Gasteiger partial charge is 0.343 e. The number of nitrogens with zero attached hydrogens (tertiary/aromatic N) is 1. The molecule has 0 radical (unpaired) electrons. The molecule has 1 aromatic carbocycles. The Morgan fingerprint density at radius 3 is 2.57 bits per heavy atom. The lowest BCUT2D eigenvalue weighted by Crippen LogP contribution is -2.58. The fourth-order valence-electron chi connectivity index (χ4n) is 2.10. The summed E-state index contributed by atoms with van der Waals surface area (Å²) in [5.41, 5.74) is -0.825. The normalized spacial score (nSPS) is 19.7. The number of nitrogens with one attached hydrogen (secondary N) is 1. The van der Waals surface area contributed by atoms with Crippen LogP contribution in [0.1, 0.15) is 18.9 Å². The minimum atomic E-state index is -4.52. The van der Waals surface area contributed by atoms with Crippen LogP contribution in [0.3, 0.4) is 0 Å². The number of carbonyl (C=O) groups excluding carboxylic acids is 2. The molecular weight excluding hydrogens is 353 g/mol. The van der Waals surface area contributed by atoms with Gasteiger partial charge in [-0.3, -0.25) is 9.59 Å². The van der Waals surface area contributed by atoms with E-state index in [-0.39, 0.29) is 16.7 Å². The third-order valence-corrected chi connectivity index (χ3v) is 3.59. The fraction of sp³-hybridized carbons (Fsp3) is 0.385. The molecule has 1 aliphatic heterocycles. The predicted octanol–water partition coefficient (Wildman–Crippen LogP) is 2.71. The molecule has 0 bridgehead atoms. The molecule has 0 spiro atoms. The van der Waals surface area contributed by atoms with Crippen LogP contribution in [0.2, 0.25) is 0 Å². The van der Waals surface area contributed by atoms with Crippen LogP contribution in [0, 0.1) is 0 Å². The molecular formula is C13H12BrF3N2O2. The summed E-state index contributed by atoms with van der Waals surface area (Å²) in [6, 6.07) is 2.47. The summed E-state index contributed by atoms with van der Waals surface area (Å²) in [6.45, 7) is 1.43. The number of hydrogen-bond donors (Lipinski definition) is 1. The zero-order valence-electron chi connectivity index (χ0n) is 11.0. The molecule has 1 N–H and O–H groups in total. The Morgan fingerprint density at radius 2 is 2.00 bits per heavy atom. The number of amides is 2. The topological polar surface area (TPSA) is 49.4 Å². The second-order valence-corrected chi connectivity index (χ2v) is 5.56. The summed E-state index contributed by atoms with van der Waals surface area (Å²) < 4.78 is 38.7. The van der Waals surface area contributed by atoms with Crippen LogP contribution < -0.4 is 10.2 Å². The average molecular weight is 365 g/mol. The average Bonchev–Trinajstić information content (AvgIpc) is 2.39. The minimum Gasteiger partial charge on any atom is -0.343 e. The maximum Gasteiger partial charge on any atom is 0.416 e. The lowest BCUT2D eigenvalue weighted by molar-refractivity contribution is -0.137. The van der Waals surface area contributed by atoms with E-state index in [1.807, 2.05) is 0 Å². The van der Waals surface area contributed by atoms with Gasteiger partial charge in [0.1, 0.15) is 12.6 Å². The third kappa shape index (κ3) is 3.37. The number of rotatable bonds is 2. The number of benzene rings is 1. The van der Waals surface area contributed by atoms with Gasteiger partial charge < -0.3 is 10.2 Å². The minimum absolute atomic E-state index is 0.0509. The van der Waals surface area contributed by atoms with E-state index in [1.165, 1.54) is 6.07 Å². The molecule has 0 saturated carbocycles. The third-order valence-electron chi connectivity index (χ3n) is 3.13. The molecule has 0 aliphatic carbocycles. The van der Waals surface area contributed by atoms with Gasteiger partial charge in [-0.15, -0.1) is 0 Å².